The van der Waals surface area contributed by atoms with Gasteiger partial charge in [-0.25, -0.2) is 9.37 Å². The van der Waals surface area contributed by atoms with E-state index in [4.69, 9.17) is 5.73 Å². The van der Waals surface area contributed by atoms with Crippen molar-refractivity contribution in [2.24, 2.45) is 5.73 Å². The summed E-state index contributed by atoms with van der Waals surface area (Å²) in [6.45, 7) is 2.29. The van der Waals surface area contributed by atoms with Crippen LogP contribution in [0.5, 0.6) is 0 Å². The van der Waals surface area contributed by atoms with E-state index in [-0.39, 0.29) is 5.82 Å². The van der Waals surface area contributed by atoms with Gasteiger partial charge in [-0.2, -0.15) is 0 Å². The van der Waals surface area contributed by atoms with Crippen molar-refractivity contribution < 1.29 is 4.39 Å². The first-order valence-electron chi connectivity index (χ1n) is 5.18. The number of nitrogens with two attached hydrogens (primary N) is 1. The highest BCUT2D eigenvalue weighted by atomic mass is 19.1. The summed E-state index contributed by atoms with van der Waals surface area (Å²) in [5, 5.41) is 0. The van der Waals surface area contributed by atoms with E-state index in [0.717, 1.165) is 17.2 Å². The number of aromatic nitrogens is 2. The molecule has 1 heterocycles. The second-order valence-corrected chi connectivity index (χ2v) is 3.73. The number of rotatable bonds is 3. The third-order valence-electron chi connectivity index (χ3n) is 2.54. The predicted molar refractivity (Wildman–Crippen MR) is 60.4 cm³/mol. The van der Waals surface area contributed by atoms with Gasteiger partial charge in [-0.05, 0) is 18.6 Å². The molecule has 0 saturated carbocycles. The van der Waals surface area contributed by atoms with Crippen molar-refractivity contribution in [3.05, 3.63) is 52.9 Å². The quantitative estimate of drug-likeness (QED) is 0.828. The second kappa shape index (κ2) is 4.45. The number of aromatic amines is 1. The molecule has 1 aromatic heterocycles. The first-order chi connectivity index (χ1) is 7.70. The number of imidazole rings is 1. The minimum absolute atomic E-state index is 0.195. The van der Waals surface area contributed by atoms with Crippen molar-refractivity contribution in [2.45, 2.75) is 19.9 Å². The highest BCUT2D eigenvalue weighted by Crippen LogP contribution is 2.14. The van der Waals surface area contributed by atoms with Crippen LogP contribution in [-0.4, -0.2) is 9.97 Å². The summed E-state index contributed by atoms with van der Waals surface area (Å²) in [6.07, 6.45) is 0.495. The van der Waals surface area contributed by atoms with Crippen molar-refractivity contribution >= 4 is 0 Å². The summed E-state index contributed by atoms with van der Waals surface area (Å²) >= 11 is 0. The zero-order valence-corrected chi connectivity index (χ0v) is 9.13. The average Bonchev–Trinajstić information content (AvgIpc) is 2.63. The van der Waals surface area contributed by atoms with Crippen LogP contribution in [0.2, 0.25) is 0 Å². The topological polar surface area (TPSA) is 54.7 Å². The number of nitrogens with zero attached hydrogens (tertiary/aromatic N) is 1. The summed E-state index contributed by atoms with van der Waals surface area (Å²) in [5.41, 5.74) is 7.94. The molecule has 0 fully saturated rings. The summed E-state index contributed by atoms with van der Waals surface area (Å²) in [4.78, 5) is 7.39. The lowest BCUT2D eigenvalue weighted by Gasteiger charge is -2.00. The molecule has 0 bridgehead atoms. The summed E-state index contributed by atoms with van der Waals surface area (Å²) in [6, 6.07) is 6.73. The van der Waals surface area contributed by atoms with Gasteiger partial charge < -0.3 is 10.7 Å². The molecule has 16 heavy (non-hydrogen) atoms. The number of halogens is 1. The molecular formula is C12H14FN3. The van der Waals surface area contributed by atoms with E-state index in [1.54, 1.807) is 12.1 Å². The first-order valence-corrected chi connectivity index (χ1v) is 5.18. The van der Waals surface area contributed by atoms with E-state index >= 15 is 0 Å². The summed E-state index contributed by atoms with van der Waals surface area (Å²) in [7, 11) is 0. The minimum atomic E-state index is -0.195. The second-order valence-electron chi connectivity index (χ2n) is 3.73. The van der Waals surface area contributed by atoms with E-state index in [1.807, 2.05) is 13.0 Å². The number of hydrogen-bond donors (Lipinski definition) is 2. The van der Waals surface area contributed by atoms with Gasteiger partial charge >= 0.3 is 0 Å². The van der Waals surface area contributed by atoms with Crippen LogP contribution in [-0.2, 0) is 13.0 Å². The Kier molecular flexibility index (Phi) is 3.01. The van der Waals surface area contributed by atoms with Gasteiger partial charge in [0.2, 0.25) is 0 Å². The molecule has 0 amide bonds. The maximum absolute atomic E-state index is 13.4. The van der Waals surface area contributed by atoms with Crippen LogP contribution in [0.4, 0.5) is 4.39 Å². The smallest absolute Gasteiger partial charge is 0.126 e. The van der Waals surface area contributed by atoms with Gasteiger partial charge in [0, 0.05) is 12.1 Å². The number of nitrogens with one attached hydrogen (secondary N) is 1. The SMILES string of the molecule is Cc1[nH]c(CN)nc1Cc1ccccc1F. The molecule has 0 unspecified atom stereocenters. The van der Waals surface area contributed by atoms with Crippen molar-refractivity contribution in [1.29, 1.82) is 0 Å². The maximum atomic E-state index is 13.4. The molecule has 2 rings (SSSR count). The lowest BCUT2D eigenvalue weighted by atomic mass is 10.1. The Bertz CT molecular complexity index is 491. The molecule has 3 nitrogen and oxygen atoms in total. The number of hydrogen-bond acceptors (Lipinski definition) is 2. The monoisotopic (exact) mass is 219 g/mol. The van der Waals surface area contributed by atoms with Gasteiger partial charge in [-0.15, -0.1) is 0 Å². The van der Waals surface area contributed by atoms with E-state index in [0.29, 0.717) is 18.5 Å². The molecule has 0 aliphatic carbocycles. The van der Waals surface area contributed by atoms with Gasteiger partial charge in [0.1, 0.15) is 11.6 Å². The molecule has 0 saturated heterocycles. The molecule has 0 aliphatic rings. The normalized spacial score (nSPS) is 10.7. The van der Waals surface area contributed by atoms with Crippen molar-refractivity contribution in [1.82, 2.24) is 9.97 Å². The molecule has 0 radical (unpaired) electrons. The molecule has 84 valence electrons. The Morgan fingerprint density at radius 2 is 2.12 bits per heavy atom. The minimum Gasteiger partial charge on any atom is -0.345 e. The fourth-order valence-electron chi connectivity index (χ4n) is 1.65. The van der Waals surface area contributed by atoms with Crippen molar-refractivity contribution in [3.63, 3.8) is 0 Å². The van der Waals surface area contributed by atoms with Gasteiger partial charge in [0.25, 0.3) is 0 Å². The zero-order valence-electron chi connectivity index (χ0n) is 9.13. The van der Waals surface area contributed by atoms with Crippen LogP contribution in [0, 0.1) is 12.7 Å². The van der Waals surface area contributed by atoms with Crippen LogP contribution in [0.15, 0.2) is 24.3 Å². The van der Waals surface area contributed by atoms with Crippen molar-refractivity contribution in [3.8, 4) is 0 Å². The van der Waals surface area contributed by atoms with Gasteiger partial charge in [-0.3, -0.25) is 0 Å². The Labute approximate surface area is 93.5 Å². The van der Waals surface area contributed by atoms with Gasteiger partial charge in [0.15, 0.2) is 0 Å². The number of aryl methyl sites for hydroxylation is 1. The van der Waals surface area contributed by atoms with Crippen molar-refractivity contribution in [2.75, 3.05) is 0 Å². The third kappa shape index (κ3) is 2.12. The van der Waals surface area contributed by atoms with Crippen LogP contribution in [0.3, 0.4) is 0 Å². The zero-order chi connectivity index (χ0) is 11.5. The molecule has 3 N–H and O–H groups in total. The fraction of sp³-hybridized carbons (Fsp3) is 0.250. The lowest BCUT2D eigenvalue weighted by molar-refractivity contribution is 0.613. The Hall–Kier alpha value is -1.68. The standard InChI is InChI=1S/C12H14FN3/c1-8-11(16-12(7-14)15-8)6-9-4-2-3-5-10(9)13/h2-5H,6-7,14H2,1H3,(H,15,16). The van der Waals surface area contributed by atoms with E-state index in [9.17, 15) is 4.39 Å². The van der Waals surface area contributed by atoms with Crippen LogP contribution in [0.25, 0.3) is 0 Å². The van der Waals surface area contributed by atoms with Gasteiger partial charge in [-0.1, -0.05) is 18.2 Å². The molecule has 0 spiro atoms. The highest BCUT2D eigenvalue weighted by Gasteiger charge is 2.08. The summed E-state index contributed by atoms with van der Waals surface area (Å²) < 4.78 is 13.4. The van der Waals surface area contributed by atoms with E-state index < -0.39 is 0 Å². The molecule has 2 aromatic rings. The van der Waals surface area contributed by atoms with Gasteiger partial charge in [0.05, 0.1) is 12.2 Å². The molecule has 4 heteroatoms. The first kappa shape index (κ1) is 10.8. The highest BCUT2D eigenvalue weighted by molar-refractivity contribution is 5.26. The summed E-state index contributed by atoms with van der Waals surface area (Å²) in [5.74, 6) is 0.544. The van der Waals surface area contributed by atoms with Crippen LogP contribution < -0.4 is 5.73 Å². The molecule has 0 aliphatic heterocycles. The van der Waals surface area contributed by atoms with E-state index in [1.165, 1.54) is 6.07 Å². The Morgan fingerprint density at radius 3 is 2.75 bits per heavy atom. The molecular weight excluding hydrogens is 205 g/mol. The number of H-pyrrole nitrogens is 1. The molecule has 1 aromatic carbocycles. The largest absolute Gasteiger partial charge is 0.345 e. The van der Waals surface area contributed by atoms with E-state index in [2.05, 4.69) is 9.97 Å². The third-order valence-corrected chi connectivity index (χ3v) is 2.54. The van der Waals surface area contributed by atoms with Crippen LogP contribution in [0.1, 0.15) is 22.8 Å². The fourth-order valence-corrected chi connectivity index (χ4v) is 1.65. The molecule has 0 atom stereocenters. The Balaban J connectivity index is 2.27. The average molecular weight is 219 g/mol. The van der Waals surface area contributed by atoms with Crippen LogP contribution >= 0.6 is 0 Å². The predicted octanol–water partition coefficient (Wildman–Crippen LogP) is 1.91. The Morgan fingerprint density at radius 1 is 1.38 bits per heavy atom. The maximum Gasteiger partial charge on any atom is 0.126 e. The lowest BCUT2D eigenvalue weighted by Crippen LogP contribution is -1.98. The number of benzene rings is 1.